The monoisotopic (exact) mass is 418 g/mol. The molecule has 0 saturated heterocycles. The molecule has 0 spiro atoms. The van der Waals surface area contributed by atoms with Crippen molar-refractivity contribution in [3.05, 3.63) is 95.3 Å². The number of aromatic nitrogens is 2. The summed E-state index contributed by atoms with van der Waals surface area (Å²) in [7, 11) is 1.69. The second-order valence-electron chi connectivity index (χ2n) is 7.61. The lowest BCUT2D eigenvalue weighted by Crippen LogP contribution is -1.97. The van der Waals surface area contributed by atoms with E-state index < -0.39 is 0 Å². The third-order valence-corrected chi connectivity index (χ3v) is 5.41. The first-order valence-electron chi connectivity index (χ1n) is 10.4. The van der Waals surface area contributed by atoms with E-state index >= 15 is 4.39 Å². The van der Waals surface area contributed by atoms with Gasteiger partial charge in [-0.25, -0.2) is 18.7 Å². The number of methoxy groups -OCH3 is 1. The van der Waals surface area contributed by atoms with Gasteiger partial charge in [-0.05, 0) is 66.0 Å². The molecule has 4 rings (SSSR count). The minimum absolute atomic E-state index is 0.208. The molecule has 5 heteroatoms. The minimum atomic E-state index is -0.263. The van der Waals surface area contributed by atoms with Gasteiger partial charge in [0.25, 0.3) is 0 Å². The van der Waals surface area contributed by atoms with Crippen molar-refractivity contribution in [1.29, 1.82) is 0 Å². The summed E-state index contributed by atoms with van der Waals surface area (Å²) in [6, 6.07) is 15.7. The summed E-state index contributed by atoms with van der Waals surface area (Å²) in [6.45, 7) is 0.712. The smallest absolute Gasteiger partial charge is 0.159 e. The SMILES string of the molecule is COCCCc1cnc(-c2ccc3c(F)c(CCc4ccc(F)cc4)ccc3c2)nc1. The van der Waals surface area contributed by atoms with Crippen LogP contribution in [0.2, 0.25) is 0 Å². The van der Waals surface area contributed by atoms with Crippen LogP contribution in [0.25, 0.3) is 22.2 Å². The molecule has 1 heterocycles. The van der Waals surface area contributed by atoms with Gasteiger partial charge >= 0.3 is 0 Å². The molecular weight excluding hydrogens is 394 g/mol. The van der Waals surface area contributed by atoms with Crippen molar-refractivity contribution in [2.45, 2.75) is 25.7 Å². The summed E-state index contributed by atoms with van der Waals surface area (Å²) in [5.41, 5.74) is 3.56. The zero-order valence-electron chi connectivity index (χ0n) is 17.4. The molecule has 0 aliphatic carbocycles. The molecule has 158 valence electrons. The van der Waals surface area contributed by atoms with Crippen LogP contribution >= 0.6 is 0 Å². The molecule has 0 fully saturated rings. The Morgan fingerprint density at radius 2 is 1.58 bits per heavy atom. The van der Waals surface area contributed by atoms with Crippen LogP contribution in [-0.2, 0) is 24.0 Å². The van der Waals surface area contributed by atoms with Gasteiger partial charge in [-0.1, -0.05) is 36.4 Å². The molecule has 4 aromatic rings. The van der Waals surface area contributed by atoms with Crippen molar-refractivity contribution in [1.82, 2.24) is 9.97 Å². The predicted octanol–water partition coefficient (Wildman–Crippen LogP) is 5.94. The van der Waals surface area contributed by atoms with Crippen LogP contribution in [-0.4, -0.2) is 23.7 Å². The van der Waals surface area contributed by atoms with E-state index in [1.54, 1.807) is 25.3 Å². The average molecular weight is 418 g/mol. The third kappa shape index (κ3) is 5.12. The maximum atomic E-state index is 15.1. The highest BCUT2D eigenvalue weighted by Crippen LogP contribution is 2.26. The van der Waals surface area contributed by atoms with Crippen LogP contribution in [0.5, 0.6) is 0 Å². The molecular formula is C26H24F2N2O. The highest BCUT2D eigenvalue weighted by atomic mass is 19.1. The molecule has 0 amide bonds. The Morgan fingerprint density at radius 1 is 0.806 bits per heavy atom. The molecule has 0 N–H and O–H groups in total. The van der Waals surface area contributed by atoms with Crippen molar-refractivity contribution in [2.24, 2.45) is 0 Å². The van der Waals surface area contributed by atoms with Gasteiger partial charge in [0.2, 0.25) is 0 Å². The van der Waals surface area contributed by atoms with Gasteiger partial charge in [0.05, 0.1) is 0 Å². The van der Waals surface area contributed by atoms with Crippen LogP contribution < -0.4 is 0 Å². The van der Waals surface area contributed by atoms with E-state index in [0.29, 0.717) is 36.2 Å². The van der Waals surface area contributed by atoms with Gasteiger partial charge < -0.3 is 4.74 Å². The number of halogens is 2. The lowest BCUT2D eigenvalue weighted by atomic mass is 9.99. The van der Waals surface area contributed by atoms with Crippen LogP contribution in [0.1, 0.15) is 23.1 Å². The van der Waals surface area contributed by atoms with Crippen molar-refractivity contribution >= 4 is 10.8 Å². The van der Waals surface area contributed by atoms with E-state index in [-0.39, 0.29) is 11.6 Å². The van der Waals surface area contributed by atoms with Crippen molar-refractivity contribution < 1.29 is 13.5 Å². The van der Waals surface area contributed by atoms with Crippen LogP contribution in [0.4, 0.5) is 8.78 Å². The van der Waals surface area contributed by atoms with Crippen LogP contribution in [0.3, 0.4) is 0 Å². The number of hydrogen-bond acceptors (Lipinski definition) is 3. The number of nitrogens with zero attached hydrogens (tertiary/aromatic N) is 2. The Labute approximate surface area is 180 Å². The molecule has 1 aromatic heterocycles. The van der Waals surface area contributed by atoms with Gasteiger partial charge in [-0.15, -0.1) is 0 Å². The summed E-state index contributed by atoms with van der Waals surface area (Å²) in [4.78, 5) is 8.94. The van der Waals surface area contributed by atoms with E-state index in [1.807, 2.05) is 36.7 Å². The summed E-state index contributed by atoms with van der Waals surface area (Å²) in [6.07, 6.45) is 6.69. The van der Waals surface area contributed by atoms with Crippen molar-refractivity contribution in [3.63, 3.8) is 0 Å². The second kappa shape index (κ2) is 9.75. The van der Waals surface area contributed by atoms with Gasteiger partial charge in [-0.2, -0.15) is 0 Å². The maximum Gasteiger partial charge on any atom is 0.159 e. The molecule has 0 aliphatic rings. The largest absolute Gasteiger partial charge is 0.385 e. The summed E-state index contributed by atoms with van der Waals surface area (Å²) in [5.74, 6) is 0.153. The third-order valence-electron chi connectivity index (χ3n) is 5.41. The number of ether oxygens (including phenoxy) is 1. The first kappa shape index (κ1) is 21.1. The van der Waals surface area contributed by atoms with E-state index in [9.17, 15) is 4.39 Å². The lowest BCUT2D eigenvalue weighted by molar-refractivity contribution is 0.195. The number of rotatable bonds is 8. The highest BCUT2D eigenvalue weighted by Gasteiger charge is 2.10. The van der Waals surface area contributed by atoms with Crippen LogP contribution in [0.15, 0.2) is 67.0 Å². The Morgan fingerprint density at radius 3 is 2.32 bits per heavy atom. The fraction of sp³-hybridized carbons (Fsp3) is 0.231. The Hall–Kier alpha value is -3.18. The number of benzene rings is 3. The standard InChI is InChI=1S/C26H24F2N2O/c1-31-14-2-3-19-16-29-26(30-17-19)22-10-13-24-21(15-22)9-8-20(25(24)28)7-4-18-5-11-23(27)12-6-18/h5-6,8-13,15-17H,2-4,7,14H2,1H3. The van der Waals surface area contributed by atoms with E-state index in [4.69, 9.17) is 4.74 Å². The van der Waals surface area contributed by atoms with Gasteiger partial charge in [0.15, 0.2) is 5.82 Å². The zero-order chi connectivity index (χ0) is 21.6. The van der Waals surface area contributed by atoms with E-state index in [0.717, 1.165) is 34.9 Å². The predicted molar refractivity (Wildman–Crippen MR) is 119 cm³/mol. The molecule has 0 unspecified atom stereocenters. The minimum Gasteiger partial charge on any atom is -0.385 e. The summed E-state index contributed by atoms with van der Waals surface area (Å²) >= 11 is 0. The molecule has 3 aromatic carbocycles. The summed E-state index contributed by atoms with van der Waals surface area (Å²) < 4.78 is 33.2. The van der Waals surface area contributed by atoms with Gasteiger partial charge in [-0.3, -0.25) is 0 Å². The number of aryl methyl sites for hydroxylation is 3. The lowest BCUT2D eigenvalue weighted by Gasteiger charge is -2.09. The molecule has 0 atom stereocenters. The second-order valence-corrected chi connectivity index (χ2v) is 7.61. The first-order chi connectivity index (χ1) is 15.1. The fourth-order valence-electron chi connectivity index (χ4n) is 3.65. The van der Waals surface area contributed by atoms with Crippen LogP contribution in [0, 0.1) is 11.6 Å². The van der Waals surface area contributed by atoms with Crippen molar-refractivity contribution in [3.8, 4) is 11.4 Å². The number of fused-ring (bicyclic) bond motifs is 1. The molecule has 0 saturated carbocycles. The fourth-order valence-corrected chi connectivity index (χ4v) is 3.65. The Kier molecular flexibility index (Phi) is 6.63. The number of hydrogen-bond donors (Lipinski definition) is 0. The zero-order valence-corrected chi connectivity index (χ0v) is 17.4. The first-order valence-corrected chi connectivity index (χ1v) is 10.4. The molecule has 0 aliphatic heterocycles. The molecule has 0 radical (unpaired) electrons. The van der Waals surface area contributed by atoms with E-state index in [2.05, 4.69) is 9.97 Å². The quantitative estimate of drug-likeness (QED) is 0.332. The van der Waals surface area contributed by atoms with Crippen molar-refractivity contribution in [2.75, 3.05) is 13.7 Å². The molecule has 0 bridgehead atoms. The maximum absolute atomic E-state index is 15.1. The normalized spacial score (nSPS) is 11.2. The van der Waals surface area contributed by atoms with E-state index in [1.165, 1.54) is 12.1 Å². The Bertz CT molecular complexity index is 1160. The summed E-state index contributed by atoms with van der Waals surface area (Å²) in [5, 5.41) is 1.39. The molecule has 31 heavy (non-hydrogen) atoms. The average Bonchev–Trinajstić information content (AvgIpc) is 2.80. The van der Waals surface area contributed by atoms with Gasteiger partial charge in [0, 0.05) is 37.1 Å². The van der Waals surface area contributed by atoms with Gasteiger partial charge in [0.1, 0.15) is 11.6 Å². The Balaban J connectivity index is 1.50. The highest BCUT2D eigenvalue weighted by molar-refractivity contribution is 5.87. The topological polar surface area (TPSA) is 35.0 Å². The molecule has 3 nitrogen and oxygen atoms in total.